The predicted molar refractivity (Wildman–Crippen MR) is 207 cm³/mol. The van der Waals surface area contributed by atoms with Crippen molar-refractivity contribution in [2.45, 2.75) is 44.8 Å². The topological polar surface area (TPSA) is 76.1 Å². The van der Waals surface area contributed by atoms with Crippen molar-refractivity contribution in [2.75, 3.05) is 30.4 Å². The molecule has 3 aromatic heterocycles. The van der Waals surface area contributed by atoms with Crippen molar-refractivity contribution in [1.82, 2.24) is 19.9 Å². The second-order valence-corrected chi connectivity index (χ2v) is 13.9. The van der Waals surface area contributed by atoms with Crippen LogP contribution in [0.2, 0.25) is 0 Å². The van der Waals surface area contributed by atoms with Gasteiger partial charge in [0.05, 0.1) is 35.5 Å². The van der Waals surface area contributed by atoms with Gasteiger partial charge in [-0.05, 0) is 59.0 Å². The van der Waals surface area contributed by atoms with Gasteiger partial charge < -0.3 is 15.0 Å². The van der Waals surface area contributed by atoms with Gasteiger partial charge in [-0.25, -0.2) is 9.37 Å². The average Bonchev–Trinajstić information content (AvgIpc) is 3.70. The van der Waals surface area contributed by atoms with Crippen molar-refractivity contribution in [2.24, 2.45) is 0 Å². The molecule has 0 amide bonds. The summed E-state index contributed by atoms with van der Waals surface area (Å²) in [6, 6.07) is 32.5. The van der Waals surface area contributed by atoms with Crippen LogP contribution in [-0.2, 0) is 13.0 Å². The van der Waals surface area contributed by atoms with Crippen LogP contribution < -0.4 is 15.0 Å². The molecule has 7 nitrogen and oxygen atoms in total. The summed E-state index contributed by atoms with van der Waals surface area (Å²) in [5.74, 6) is 0.752. The number of hydrogen-bond donors (Lipinski definition) is 1. The van der Waals surface area contributed by atoms with E-state index in [1.807, 2.05) is 67.7 Å². The Kier molecular flexibility index (Phi) is 10.4. The first-order chi connectivity index (χ1) is 25.0. The highest BCUT2D eigenvalue weighted by Crippen LogP contribution is 2.35. The Hall–Kier alpha value is -5.41. The van der Waals surface area contributed by atoms with Crippen LogP contribution in [0.25, 0.3) is 21.9 Å². The van der Waals surface area contributed by atoms with Crippen molar-refractivity contribution in [3.63, 3.8) is 0 Å². The maximum Gasteiger partial charge on any atom is 0.185 e. The fourth-order valence-electron chi connectivity index (χ4n) is 6.49. The summed E-state index contributed by atoms with van der Waals surface area (Å²) >= 11 is 1.80. The Balaban J connectivity index is 0.000000161. The number of nitrogens with zero attached hydrogens (tertiary/aromatic N) is 5. The first-order valence-corrected chi connectivity index (χ1v) is 18.1. The van der Waals surface area contributed by atoms with Crippen molar-refractivity contribution < 1.29 is 9.13 Å². The summed E-state index contributed by atoms with van der Waals surface area (Å²) < 4.78 is 20.0. The molecule has 1 aliphatic rings. The van der Waals surface area contributed by atoms with Gasteiger partial charge in [0, 0.05) is 60.3 Å². The lowest BCUT2D eigenvalue weighted by Crippen LogP contribution is -2.30. The lowest BCUT2D eigenvalue weighted by atomic mass is 9.95. The van der Waals surface area contributed by atoms with E-state index in [1.165, 1.54) is 21.6 Å². The number of rotatable bonds is 9. The number of benzene rings is 4. The molecule has 4 heterocycles. The van der Waals surface area contributed by atoms with Crippen molar-refractivity contribution in [3.8, 4) is 5.75 Å². The highest BCUT2D eigenvalue weighted by atomic mass is 32.1. The Labute approximate surface area is 302 Å². The minimum absolute atomic E-state index is 0.221. The second kappa shape index (κ2) is 15.6. The Morgan fingerprint density at radius 2 is 1.57 bits per heavy atom. The number of para-hydroxylation sites is 2. The number of pyridine rings is 1. The predicted octanol–water partition coefficient (Wildman–Crippen LogP) is 9.60. The minimum atomic E-state index is -1.03. The van der Waals surface area contributed by atoms with Gasteiger partial charge in [-0.3, -0.25) is 15.0 Å². The highest BCUT2D eigenvalue weighted by molar-refractivity contribution is 7.15. The van der Waals surface area contributed by atoms with E-state index in [0.29, 0.717) is 5.92 Å². The summed E-state index contributed by atoms with van der Waals surface area (Å²) in [6.45, 7) is 6.31. The monoisotopic (exact) mass is 696 g/mol. The molecule has 7 aromatic rings. The number of hydrogen-bond acceptors (Lipinski definition) is 8. The second-order valence-electron chi connectivity index (χ2n) is 12.9. The van der Waals surface area contributed by atoms with Crippen molar-refractivity contribution in [3.05, 3.63) is 149 Å². The van der Waals surface area contributed by atoms with Gasteiger partial charge in [0.25, 0.3) is 0 Å². The van der Waals surface area contributed by atoms with Crippen molar-refractivity contribution >= 4 is 44.1 Å². The fraction of sp³-hybridized carbons (Fsp3) is 0.238. The van der Waals surface area contributed by atoms with Crippen LogP contribution in [0.3, 0.4) is 0 Å². The zero-order chi connectivity index (χ0) is 35.2. The SMILES string of the molecule is CC(c1ccc2nccnc2c1)c1cnc(N2CCc3ccccc3C2)s1.COc1ccccc1C(C)C(F)CNc1cnc2ccccc2c1. The van der Waals surface area contributed by atoms with Crippen LogP contribution in [0.4, 0.5) is 15.2 Å². The molecular formula is C42H41FN6OS. The number of aromatic nitrogens is 4. The molecule has 258 valence electrons. The van der Waals surface area contributed by atoms with E-state index < -0.39 is 6.17 Å². The molecular weight excluding hydrogens is 656 g/mol. The van der Waals surface area contributed by atoms with E-state index in [0.717, 1.165) is 63.6 Å². The average molecular weight is 697 g/mol. The number of anilines is 2. The van der Waals surface area contributed by atoms with E-state index in [4.69, 9.17) is 9.72 Å². The molecule has 0 fully saturated rings. The maximum atomic E-state index is 14.7. The molecule has 0 saturated heterocycles. The first kappa shape index (κ1) is 34.1. The third kappa shape index (κ3) is 7.84. The van der Waals surface area contributed by atoms with Crippen LogP contribution in [0.5, 0.6) is 5.75 Å². The van der Waals surface area contributed by atoms with E-state index >= 15 is 0 Å². The molecule has 3 atom stereocenters. The van der Waals surface area contributed by atoms with E-state index in [2.05, 4.69) is 74.6 Å². The van der Waals surface area contributed by atoms with Gasteiger partial charge in [-0.15, -0.1) is 11.3 Å². The molecule has 9 heteroatoms. The first-order valence-electron chi connectivity index (χ1n) is 17.3. The number of alkyl halides is 1. The third-order valence-electron chi connectivity index (χ3n) is 9.60. The van der Waals surface area contributed by atoms with Gasteiger partial charge in [0.15, 0.2) is 5.13 Å². The molecule has 0 saturated carbocycles. The molecule has 0 bridgehead atoms. The Morgan fingerprint density at radius 3 is 2.43 bits per heavy atom. The number of nitrogens with one attached hydrogen (secondary N) is 1. The number of methoxy groups -OCH3 is 1. The summed E-state index contributed by atoms with van der Waals surface area (Å²) in [5, 5.41) is 5.30. The van der Waals surface area contributed by atoms with Gasteiger partial charge in [-0.2, -0.15) is 0 Å². The molecule has 0 spiro atoms. The van der Waals surface area contributed by atoms with Crippen molar-refractivity contribution in [1.29, 1.82) is 0 Å². The minimum Gasteiger partial charge on any atom is -0.496 e. The van der Waals surface area contributed by atoms with Gasteiger partial charge in [0.2, 0.25) is 0 Å². The van der Waals surface area contributed by atoms with E-state index in [9.17, 15) is 4.39 Å². The summed E-state index contributed by atoms with van der Waals surface area (Å²) in [4.78, 5) is 21.6. The molecule has 1 N–H and O–H groups in total. The van der Waals surface area contributed by atoms with E-state index in [-0.39, 0.29) is 12.5 Å². The number of ether oxygens (including phenoxy) is 1. The maximum absolute atomic E-state index is 14.7. The lowest BCUT2D eigenvalue weighted by molar-refractivity contribution is 0.299. The van der Waals surface area contributed by atoms with Crippen LogP contribution in [0, 0.1) is 0 Å². The quantitative estimate of drug-likeness (QED) is 0.161. The van der Waals surface area contributed by atoms with Gasteiger partial charge in [0.1, 0.15) is 11.9 Å². The summed E-state index contributed by atoms with van der Waals surface area (Å²) in [6.07, 6.45) is 7.31. The van der Waals surface area contributed by atoms with Crippen LogP contribution >= 0.6 is 11.3 Å². The highest BCUT2D eigenvalue weighted by Gasteiger charge is 2.22. The molecule has 0 aliphatic carbocycles. The lowest BCUT2D eigenvalue weighted by Gasteiger charge is -2.28. The van der Waals surface area contributed by atoms with Crippen LogP contribution in [0.15, 0.2) is 122 Å². The normalized spacial score (nSPS) is 14.2. The van der Waals surface area contributed by atoms with Gasteiger partial charge >= 0.3 is 0 Å². The Bertz CT molecular complexity index is 2240. The zero-order valence-electron chi connectivity index (χ0n) is 29.0. The van der Waals surface area contributed by atoms with Crippen LogP contribution in [-0.4, -0.2) is 46.3 Å². The smallest absolute Gasteiger partial charge is 0.185 e. The fourth-order valence-corrected chi connectivity index (χ4v) is 7.51. The summed E-state index contributed by atoms with van der Waals surface area (Å²) in [5.41, 5.74) is 8.65. The largest absolute Gasteiger partial charge is 0.496 e. The molecule has 4 aromatic carbocycles. The number of fused-ring (bicyclic) bond motifs is 3. The standard InChI is InChI=1S/C22H20N4S.C20H21FN2O/c1-15(17-6-7-19-20(12-17)24-10-9-23-19)21-13-25-22(27-21)26-11-8-16-4-2-3-5-18(16)14-26;1-14(17-8-4-6-10-20(17)24-2)18(21)13-22-16-11-15-7-3-5-9-19(15)23-12-16/h2-7,9-10,12-13,15H,8,11,14H2,1H3;3-12,14,18,22H,13H2,1-2H3. The molecule has 8 rings (SSSR count). The molecule has 0 radical (unpaired) electrons. The molecule has 1 aliphatic heterocycles. The van der Waals surface area contributed by atoms with E-state index in [1.54, 1.807) is 37.0 Å². The Morgan fingerprint density at radius 1 is 0.804 bits per heavy atom. The number of halogens is 1. The number of thiazole rings is 1. The van der Waals surface area contributed by atoms with Gasteiger partial charge in [-0.1, -0.05) is 80.6 Å². The molecule has 51 heavy (non-hydrogen) atoms. The zero-order valence-corrected chi connectivity index (χ0v) is 29.9. The molecule has 3 unspecified atom stereocenters. The third-order valence-corrected chi connectivity index (χ3v) is 10.8. The van der Waals surface area contributed by atoms with Crippen LogP contribution in [0.1, 0.15) is 52.8 Å². The summed E-state index contributed by atoms with van der Waals surface area (Å²) in [7, 11) is 1.61.